The molecule has 10 rings (SSSR count). The van der Waals surface area contributed by atoms with Crippen LogP contribution in [0.15, 0.2) is 176 Å². The number of rotatable bonds is 5. The summed E-state index contributed by atoms with van der Waals surface area (Å²) in [6.07, 6.45) is 0. The van der Waals surface area contributed by atoms with Gasteiger partial charge in [0.05, 0.1) is 0 Å². The molecule has 8 aromatic carbocycles. The molecule has 1 aliphatic rings. The Morgan fingerprint density at radius 3 is 1.96 bits per heavy atom. The van der Waals surface area contributed by atoms with E-state index in [0.29, 0.717) is 0 Å². The van der Waals surface area contributed by atoms with Crippen molar-refractivity contribution in [1.29, 1.82) is 0 Å². The Labute approximate surface area is 303 Å². The van der Waals surface area contributed by atoms with Crippen LogP contribution < -0.4 is 15.3 Å². The molecule has 0 spiro atoms. The fourth-order valence-electron chi connectivity index (χ4n) is 8.24. The smallest absolute Gasteiger partial charge is 0.113 e. The maximum absolute atomic E-state index is 2.53. The maximum Gasteiger partial charge on any atom is 0.113 e. The van der Waals surface area contributed by atoms with Crippen LogP contribution in [0, 0.1) is 0 Å². The highest BCUT2D eigenvalue weighted by Crippen LogP contribution is 2.44. The molecular formula is C48H35NSSi. The molecule has 0 saturated heterocycles. The zero-order chi connectivity index (χ0) is 34.1. The van der Waals surface area contributed by atoms with Crippen LogP contribution in [0.2, 0.25) is 13.1 Å². The number of thiophene rings is 1. The summed E-state index contributed by atoms with van der Waals surface area (Å²) in [5.74, 6) is 0. The van der Waals surface area contributed by atoms with E-state index in [1.165, 1.54) is 75.2 Å². The van der Waals surface area contributed by atoms with Crippen molar-refractivity contribution in [1.82, 2.24) is 0 Å². The van der Waals surface area contributed by atoms with Gasteiger partial charge in [-0.2, -0.15) is 0 Å². The Morgan fingerprint density at radius 2 is 1.10 bits per heavy atom. The number of anilines is 3. The van der Waals surface area contributed by atoms with Crippen molar-refractivity contribution in [2.45, 2.75) is 13.1 Å². The molecule has 51 heavy (non-hydrogen) atoms. The summed E-state index contributed by atoms with van der Waals surface area (Å²) in [6.45, 7) is 5.06. The van der Waals surface area contributed by atoms with Crippen LogP contribution in [0.1, 0.15) is 0 Å². The quantitative estimate of drug-likeness (QED) is 0.163. The summed E-state index contributed by atoms with van der Waals surface area (Å²) in [7, 11) is -2.00. The van der Waals surface area contributed by atoms with Gasteiger partial charge in [0.2, 0.25) is 0 Å². The predicted molar refractivity (Wildman–Crippen MR) is 225 cm³/mol. The van der Waals surface area contributed by atoms with Gasteiger partial charge < -0.3 is 4.90 Å². The zero-order valence-electron chi connectivity index (χ0n) is 28.6. The lowest BCUT2D eigenvalue weighted by atomic mass is 9.98. The van der Waals surface area contributed by atoms with Crippen molar-refractivity contribution in [3.8, 4) is 33.4 Å². The average molecular weight is 686 g/mol. The van der Waals surface area contributed by atoms with Crippen LogP contribution in [0.3, 0.4) is 0 Å². The first kappa shape index (κ1) is 30.1. The van der Waals surface area contributed by atoms with Crippen molar-refractivity contribution < 1.29 is 0 Å². The summed E-state index contributed by atoms with van der Waals surface area (Å²) in [5, 5.41) is 8.37. The molecule has 2 heterocycles. The number of fused-ring (bicyclic) bond motifs is 8. The van der Waals surface area contributed by atoms with Crippen LogP contribution in [0.5, 0.6) is 0 Å². The minimum absolute atomic E-state index is 1.14. The molecule has 0 radical (unpaired) electrons. The molecule has 0 aliphatic carbocycles. The number of hydrogen-bond donors (Lipinski definition) is 0. The molecule has 1 nitrogen and oxygen atoms in total. The summed E-state index contributed by atoms with van der Waals surface area (Å²) in [4.78, 5) is 2.45. The van der Waals surface area contributed by atoms with Crippen molar-refractivity contribution >= 4 is 77.8 Å². The minimum Gasteiger partial charge on any atom is -0.310 e. The molecule has 1 aliphatic heterocycles. The first-order valence-corrected chi connectivity index (χ1v) is 21.5. The van der Waals surface area contributed by atoms with Gasteiger partial charge in [0.25, 0.3) is 0 Å². The van der Waals surface area contributed by atoms with Gasteiger partial charge >= 0.3 is 0 Å². The molecule has 0 bridgehead atoms. The molecular weight excluding hydrogens is 651 g/mol. The third-order valence-corrected chi connectivity index (χ3v) is 15.5. The number of benzene rings is 8. The SMILES string of the molecule is C[Si]1(C)c2cc(N(c3ccc(-c4ccccc4)cc3)c3cccc(-c4ccc5ccccc5c4)c3)ccc2-c2c1ccc1sc3ccccc3c21. The van der Waals surface area contributed by atoms with E-state index in [9.17, 15) is 0 Å². The lowest BCUT2D eigenvalue weighted by molar-refractivity contribution is 1.29. The van der Waals surface area contributed by atoms with Gasteiger partial charge in [-0.15, -0.1) is 11.3 Å². The van der Waals surface area contributed by atoms with E-state index in [1.807, 2.05) is 11.3 Å². The van der Waals surface area contributed by atoms with Gasteiger partial charge in [-0.25, -0.2) is 0 Å². The van der Waals surface area contributed by atoms with E-state index >= 15 is 0 Å². The highest BCUT2D eigenvalue weighted by molar-refractivity contribution is 7.26. The number of nitrogens with zero attached hydrogens (tertiary/aromatic N) is 1. The van der Waals surface area contributed by atoms with Gasteiger partial charge in [-0.3, -0.25) is 0 Å². The standard InChI is InChI=1S/C48H35NSSi/c1-51(2)45-28-27-44-47(41-17-8-9-18-43(41)50-44)48(45)42-26-25-40(31-46(42)51)49(38-23-21-34(22-24-38)32-11-4-3-5-12-32)39-16-10-15-36(30-39)37-20-19-33-13-6-7-14-35(33)29-37/h3-31H,1-2H3. The Morgan fingerprint density at radius 1 is 0.431 bits per heavy atom. The Kier molecular flexibility index (Phi) is 6.89. The Hall–Kier alpha value is -5.74. The molecule has 1 aromatic heterocycles. The maximum atomic E-state index is 2.53. The molecule has 242 valence electrons. The average Bonchev–Trinajstić information content (AvgIpc) is 3.67. The first-order chi connectivity index (χ1) is 25.0. The Balaban J connectivity index is 1.14. The van der Waals surface area contributed by atoms with Gasteiger partial charge in [-0.1, -0.05) is 134 Å². The molecule has 0 fully saturated rings. The van der Waals surface area contributed by atoms with Crippen molar-refractivity contribution in [3.05, 3.63) is 176 Å². The van der Waals surface area contributed by atoms with Crippen molar-refractivity contribution in [2.75, 3.05) is 4.90 Å². The second kappa shape index (κ2) is 11.7. The highest BCUT2D eigenvalue weighted by atomic mass is 32.1. The van der Waals surface area contributed by atoms with Gasteiger partial charge in [-0.05, 0) is 109 Å². The zero-order valence-corrected chi connectivity index (χ0v) is 30.4. The molecule has 0 atom stereocenters. The molecule has 3 heteroatoms. The summed E-state index contributed by atoms with van der Waals surface area (Å²) >= 11 is 1.91. The van der Waals surface area contributed by atoms with E-state index in [1.54, 1.807) is 5.19 Å². The molecule has 0 amide bonds. The fraction of sp³-hybridized carbons (Fsp3) is 0.0417. The normalized spacial score (nSPS) is 13.1. The van der Waals surface area contributed by atoms with Crippen LogP contribution in [-0.4, -0.2) is 8.07 Å². The van der Waals surface area contributed by atoms with E-state index < -0.39 is 8.07 Å². The third kappa shape index (κ3) is 4.88. The largest absolute Gasteiger partial charge is 0.310 e. The van der Waals surface area contributed by atoms with Gasteiger partial charge in [0.15, 0.2) is 0 Å². The predicted octanol–water partition coefficient (Wildman–Crippen LogP) is 12.8. The lowest BCUT2D eigenvalue weighted by Crippen LogP contribution is -2.49. The third-order valence-electron chi connectivity index (χ3n) is 10.8. The summed E-state index contributed by atoms with van der Waals surface area (Å²) in [5.41, 5.74) is 11.2. The van der Waals surface area contributed by atoms with Crippen LogP contribution in [0.25, 0.3) is 64.3 Å². The second-order valence-electron chi connectivity index (χ2n) is 14.2. The topological polar surface area (TPSA) is 3.24 Å². The van der Waals surface area contributed by atoms with E-state index in [2.05, 4.69) is 194 Å². The van der Waals surface area contributed by atoms with Crippen molar-refractivity contribution in [2.24, 2.45) is 0 Å². The van der Waals surface area contributed by atoms with Crippen molar-refractivity contribution in [3.63, 3.8) is 0 Å². The van der Waals surface area contributed by atoms with Crippen LogP contribution in [-0.2, 0) is 0 Å². The lowest BCUT2D eigenvalue weighted by Gasteiger charge is -2.28. The first-order valence-electron chi connectivity index (χ1n) is 17.7. The van der Waals surface area contributed by atoms with E-state index in [0.717, 1.165) is 11.4 Å². The van der Waals surface area contributed by atoms with Crippen LogP contribution >= 0.6 is 11.3 Å². The fourth-order valence-corrected chi connectivity index (χ4v) is 12.4. The van der Waals surface area contributed by atoms with Gasteiger partial charge in [0.1, 0.15) is 8.07 Å². The molecule has 9 aromatic rings. The molecule has 0 saturated carbocycles. The number of hydrogen-bond acceptors (Lipinski definition) is 2. The summed E-state index contributed by atoms with van der Waals surface area (Å²) in [6, 6.07) is 65.1. The van der Waals surface area contributed by atoms with E-state index in [-0.39, 0.29) is 0 Å². The Bertz CT molecular complexity index is 2780. The summed E-state index contributed by atoms with van der Waals surface area (Å²) < 4.78 is 2.74. The molecule has 0 N–H and O–H groups in total. The second-order valence-corrected chi connectivity index (χ2v) is 19.6. The van der Waals surface area contributed by atoms with Gasteiger partial charge in [0, 0.05) is 37.2 Å². The van der Waals surface area contributed by atoms with E-state index in [4.69, 9.17) is 0 Å². The monoisotopic (exact) mass is 685 g/mol. The minimum atomic E-state index is -2.00. The van der Waals surface area contributed by atoms with Crippen LogP contribution in [0.4, 0.5) is 17.1 Å². The highest BCUT2D eigenvalue weighted by Gasteiger charge is 2.39. The molecule has 0 unspecified atom stereocenters.